The molecule has 4 unspecified atom stereocenters. The van der Waals surface area contributed by atoms with E-state index >= 15 is 0 Å². The number of amides is 2. The van der Waals surface area contributed by atoms with Crippen molar-refractivity contribution in [1.82, 2.24) is 16.0 Å². The van der Waals surface area contributed by atoms with E-state index in [4.69, 9.17) is 0 Å². The fraction of sp³-hybridized carbons (Fsp3) is 0.812. The van der Waals surface area contributed by atoms with E-state index in [1.54, 1.807) is 6.92 Å². The van der Waals surface area contributed by atoms with Crippen LogP contribution in [0.1, 0.15) is 41.0 Å². The molecule has 0 heterocycles. The van der Waals surface area contributed by atoms with Gasteiger partial charge in [0.1, 0.15) is 12.5 Å². The summed E-state index contributed by atoms with van der Waals surface area (Å²) in [6.45, 7) is 9.13. The average Bonchev–Trinajstić information content (AvgIpc) is 2.50. The van der Waals surface area contributed by atoms with Gasteiger partial charge in [0.15, 0.2) is 0 Å². The molecule has 4 atom stereocenters. The van der Waals surface area contributed by atoms with Crippen LogP contribution in [0.2, 0.25) is 0 Å². The Morgan fingerprint density at radius 1 is 1.12 bits per heavy atom. The predicted octanol–water partition coefficient (Wildman–Crippen LogP) is 0.393. The van der Waals surface area contributed by atoms with E-state index in [-0.39, 0.29) is 11.8 Å². The van der Waals surface area contributed by atoms with Gasteiger partial charge >= 0.3 is 6.09 Å². The lowest BCUT2D eigenvalue weighted by atomic mass is 10.0. The lowest BCUT2D eigenvalue weighted by molar-refractivity contribution is -0.126. The molecule has 140 valence electrons. The number of nitrogens with one attached hydrogen (secondary N) is 3. The van der Waals surface area contributed by atoms with Gasteiger partial charge in [-0.05, 0) is 25.2 Å². The lowest BCUT2D eigenvalue weighted by Gasteiger charge is -2.29. The molecular formula is C16H31N3O5. The summed E-state index contributed by atoms with van der Waals surface area (Å²) in [5.41, 5.74) is 0. The van der Waals surface area contributed by atoms with Gasteiger partial charge < -0.3 is 25.3 Å². The van der Waals surface area contributed by atoms with Gasteiger partial charge in [0.2, 0.25) is 5.91 Å². The summed E-state index contributed by atoms with van der Waals surface area (Å²) in [6.07, 6.45) is -0.561. The zero-order chi connectivity index (χ0) is 18.9. The molecule has 0 spiro atoms. The van der Waals surface area contributed by atoms with Crippen molar-refractivity contribution < 1.29 is 24.2 Å². The molecule has 8 heteroatoms. The lowest BCUT2D eigenvalue weighted by Crippen LogP contribution is -2.58. The number of alkyl carbamates (subject to hydrolysis) is 1. The third-order valence-corrected chi connectivity index (χ3v) is 3.56. The number of ether oxygens (including phenoxy) is 1. The Kier molecular flexibility index (Phi) is 10.2. The van der Waals surface area contributed by atoms with Crippen LogP contribution < -0.4 is 16.0 Å². The summed E-state index contributed by atoms with van der Waals surface area (Å²) < 4.78 is 4.53. The standard InChI is InChI=1S/C16H31N3O5/c1-9(2)7-12(8-20)18-14(21)11(5)17-15(22)13(10(3)4)19-16(23)24-6/h8-13,15,17,22H,7H2,1-6H3,(H,18,21)(H,19,23). The molecule has 0 rings (SSSR count). The largest absolute Gasteiger partial charge is 0.453 e. The van der Waals surface area contributed by atoms with Crippen molar-refractivity contribution in [2.24, 2.45) is 11.8 Å². The maximum Gasteiger partial charge on any atom is 0.407 e. The quantitative estimate of drug-likeness (QED) is 0.336. The Hall–Kier alpha value is -1.67. The maximum atomic E-state index is 12.1. The highest BCUT2D eigenvalue weighted by molar-refractivity contribution is 5.84. The van der Waals surface area contributed by atoms with Gasteiger partial charge in [-0.3, -0.25) is 10.1 Å². The Labute approximate surface area is 143 Å². The molecule has 0 fully saturated rings. The molecule has 0 aromatic heterocycles. The second-order valence-corrected chi connectivity index (χ2v) is 6.62. The Balaban J connectivity index is 4.69. The zero-order valence-corrected chi connectivity index (χ0v) is 15.3. The minimum absolute atomic E-state index is 0.0921. The molecule has 0 bridgehead atoms. The van der Waals surface area contributed by atoms with E-state index in [1.165, 1.54) is 7.11 Å². The number of hydrogen-bond acceptors (Lipinski definition) is 6. The van der Waals surface area contributed by atoms with Crippen molar-refractivity contribution in [3.8, 4) is 0 Å². The van der Waals surface area contributed by atoms with Gasteiger partial charge in [0.25, 0.3) is 0 Å². The Bertz CT molecular complexity index is 415. The molecular weight excluding hydrogens is 314 g/mol. The van der Waals surface area contributed by atoms with Crippen LogP contribution >= 0.6 is 0 Å². The maximum absolute atomic E-state index is 12.1. The van der Waals surface area contributed by atoms with E-state index in [9.17, 15) is 19.5 Å². The van der Waals surface area contributed by atoms with Gasteiger partial charge in [-0.2, -0.15) is 0 Å². The molecule has 0 aliphatic heterocycles. The van der Waals surface area contributed by atoms with Crippen LogP contribution in [0.5, 0.6) is 0 Å². The fourth-order valence-corrected chi connectivity index (χ4v) is 2.20. The predicted molar refractivity (Wildman–Crippen MR) is 90.2 cm³/mol. The van der Waals surface area contributed by atoms with Crippen LogP contribution in [-0.4, -0.2) is 54.9 Å². The summed E-state index contributed by atoms with van der Waals surface area (Å²) in [6, 6.07) is -1.94. The molecule has 0 aliphatic carbocycles. The Morgan fingerprint density at radius 2 is 1.71 bits per heavy atom. The molecule has 0 aromatic carbocycles. The van der Waals surface area contributed by atoms with Crippen molar-refractivity contribution in [1.29, 1.82) is 0 Å². The highest BCUT2D eigenvalue weighted by Crippen LogP contribution is 2.07. The molecule has 8 nitrogen and oxygen atoms in total. The number of rotatable bonds is 10. The molecule has 24 heavy (non-hydrogen) atoms. The smallest absolute Gasteiger partial charge is 0.407 e. The molecule has 0 aromatic rings. The van der Waals surface area contributed by atoms with Crippen molar-refractivity contribution in [3.05, 3.63) is 0 Å². The minimum atomic E-state index is -1.15. The normalized spacial score (nSPS) is 16.2. The second kappa shape index (κ2) is 11.0. The highest BCUT2D eigenvalue weighted by atomic mass is 16.5. The molecule has 4 N–H and O–H groups in total. The molecule has 0 saturated heterocycles. The highest BCUT2D eigenvalue weighted by Gasteiger charge is 2.28. The van der Waals surface area contributed by atoms with E-state index < -0.39 is 36.4 Å². The van der Waals surface area contributed by atoms with Crippen molar-refractivity contribution in [2.75, 3.05) is 7.11 Å². The van der Waals surface area contributed by atoms with E-state index in [1.807, 2.05) is 27.7 Å². The van der Waals surface area contributed by atoms with Crippen LogP contribution in [0.15, 0.2) is 0 Å². The Morgan fingerprint density at radius 3 is 2.12 bits per heavy atom. The summed E-state index contributed by atoms with van der Waals surface area (Å²) in [4.78, 5) is 34.5. The van der Waals surface area contributed by atoms with Gasteiger partial charge in [-0.1, -0.05) is 27.7 Å². The van der Waals surface area contributed by atoms with Gasteiger partial charge in [0.05, 0.1) is 25.2 Å². The van der Waals surface area contributed by atoms with Gasteiger partial charge in [0, 0.05) is 0 Å². The zero-order valence-electron chi connectivity index (χ0n) is 15.3. The first-order valence-electron chi connectivity index (χ1n) is 8.16. The third kappa shape index (κ3) is 8.26. The summed E-state index contributed by atoms with van der Waals surface area (Å²) in [5.74, 6) is -0.221. The van der Waals surface area contributed by atoms with Crippen LogP contribution in [-0.2, 0) is 14.3 Å². The number of carbonyl (C=O) groups is 3. The minimum Gasteiger partial charge on any atom is -0.453 e. The second-order valence-electron chi connectivity index (χ2n) is 6.62. The molecule has 0 saturated carbocycles. The summed E-state index contributed by atoms with van der Waals surface area (Å²) in [7, 11) is 1.23. The average molecular weight is 345 g/mol. The van der Waals surface area contributed by atoms with Crippen molar-refractivity contribution in [2.45, 2.75) is 65.4 Å². The van der Waals surface area contributed by atoms with Crippen LogP contribution in [0, 0.1) is 11.8 Å². The third-order valence-electron chi connectivity index (χ3n) is 3.56. The fourth-order valence-electron chi connectivity index (χ4n) is 2.20. The number of aldehydes is 1. The first kappa shape index (κ1) is 22.3. The van der Waals surface area contributed by atoms with E-state index in [0.29, 0.717) is 12.7 Å². The monoisotopic (exact) mass is 345 g/mol. The van der Waals surface area contributed by atoms with Crippen molar-refractivity contribution in [3.63, 3.8) is 0 Å². The van der Waals surface area contributed by atoms with Crippen molar-refractivity contribution >= 4 is 18.3 Å². The van der Waals surface area contributed by atoms with Gasteiger partial charge in [-0.25, -0.2) is 4.79 Å². The molecule has 0 aliphatic rings. The molecule has 0 radical (unpaired) electrons. The first-order valence-corrected chi connectivity index (χ1v) is 8.16. The van der Waals surface area contributed by atoms with E-state index in [0.717, 1.165) is 0 Å². The SMILES string of the molecule is COC(=O)NC(C(C)C)C(O)NC(C)C(=O)NC(C=O)CC(C)C. The topological polar surface area (TPSA) is 117 Å². The number of aliphatic hydroxyl groups excluding tert-OH is 1. The van der Waals surface area contributed by atoms with Crippen LogP contribution in [0.3, 0.4) is 0 Å². The number of methoxy groups -OCH3 is 1. The summed E-state index contributed by atoms with van der Waals surface area (Å²) in [5, 5.41) is 18.1. The van der Waals surface area contributed by atoms with Crippen LogP contribution in [0.25, 0.3) is 0 Å². The number of carbonyl (C=O) groups excluding carboxylic acids is 3. The number of hydrogen-bond donors (Lipinski definition) is 4. The molecule has 2 amide bonds. The number of aliphatic hydroxyl groups is 1. The first-order chi connectivity index (χ1) is 11.1. The van der Waals surface area contributed by atoms with Gasteiger partial charge in [-0.15, -0.1) is 0 Å². The van der Waals surface area contributed by atoms with E-state index in [2.05, 4.69) is 20.7 Å². The van der Waals surface area contributed by atoms with Crippen LogP contribution in [0.4, 0.5) is 4.79 Å². The summed E-state index contributed by atoms with van der Waals surface area (Å²) >= 11 is 0.